The van der Waals surface area contributed by atoms with Crippen molar-refractivity contribution in [1.29, 1.82) is 0 Å². The summed E-state index contributed by atoms with van der Waals surface area (Å²) >= 11 is 1.52. The second-order valence-corrected chi connectivity index (χ2v) is 8.97. The van der Waals surface area contributed by atoms with Crippen LogP contribution in [0.3, 0.4) is 0 Å². The summed E-state index contributed by atoms with van der Waals surface area (Å²) in [6.45, 7) is 11.2. The van der Waals surface area contributed by atoms with Crippen molar-refractivity contribution >= 4 is 39.4 Å². The quantitative estimate of drug-likeness (QED) is 0.809. The molecule has 0 atom stereocenters. The van der Waals surface area contributed by atoms with E-state index in [1.54, 1.807) is 33.0 Å². The Morgan fingerprint density at radius 2 is 1.65 bits per heavy atom. The van der Waals surface area contributed by atoms with Crippen molar-refractivity contribution in [2.24, 2.45) is 0 Å². The maximum absolute atomic E-state index is 11.8. The number of rotatable bonds is 3. The van der Waals surface area contributed by atoms with Gasteiger partial charge in [-0.15, -0.1) is 11.3 Å². The SMILES string of the molecule is CC(C)(C)OC(=O)NCc1cc2cc(NC(=O)OC(C)(C)C)ncc2s1. The molecule has 0 saturated carbocycles. The number of fused-ring (bicyclic) bond motifs is 1. The number of aromatic nitrogens is 1. The van der Waals surface area contributed by atoms with E-state index in [0.717, 1.165) is 15.0 Å². The number of nitrogens with one attached hydrogen (secondary N) is 2. The normalized spacial score (nSPS) is 11.9. The van der Waals surface area contributed by atoms with Crippen LogP contribution in [0.25, 0.3) is 10.1 Å². The smallest absolute Gasteiger partial charge is 0.413 e. The zero-order valence-corrected chi connectivity index (χ0v) is 16.7. The number of amides is 2. The second-order valence-electron chi connectivity index (χ2n) is 7.80. The molecule has 0 saturated heterocycles. The zero-order chi connectivity index (χ0) is 19.5. The van der Waals surface area contributed by atoms with Crippen LogP contribution in [0, 0.1) is 0 Å². The molecule has 2 heterocycles. The number of pyridine rings is 1. The molecule has 2 rings (SSSR count). The van der Waals surface area contributed by atoms with Gasteiger partial charge in [0.05, 0.1) is 11.2 Å². The van der Waals surface area contributed by atoms with Crippen LogP contribution in [0.4, 0.5) is 15.4 Å². The van der Waals surface area contributed by atoms with E-state index < -0.39 is 23.4 Å². The summed E-state index contributed by atoms with van der Waals surface area (Å²) in [6, 6.07) is 3.71. The molecule has 2 aromatic heterocycles. The first-order valence-corrected chi connectivity index (χ1v) is 9.08. The number of nitrogens with zero attached hydrogens (tertiary/aromatic N) is 1. The molecule has 0 aromatic carbocycles. The molecule has 0 aliphatic rings. The number of carbonyl (C=O) groups excluding carboxylic acids is 2. The van der Waals surface area contributed by atoms with E-state index in [1.165, 1.54) is 11.3 Å². The van der Waals surface area contributed by atoms with Crippen LogP contribution in [0.1, 0.15) is 46.4 Å². The fourth-order valence-electron chi connectivity index (χ4n) is 2.04. The van der Waals surface area contributed by atoms with Gasteiger partial charge in [0.25, 0.3) is 0 Å². The van der Waals surface area contributed by atoms with E-state index in [0.29, 0.717) is 12.4 Å². The fraction of sp³-hybridized carbons (Fsp3) is 0.500. The highest BCUT2D eigenvalue weighted by Crippen LogP contribution is 2.27. The highest BCUT2D eigenvalue weighted by Gasteiger charge is 2.17. The Hall–Kier alpha value is -2.35. The molecular weight excluding hydrogens is 354 g/mol. The molecule has 0 bridgehead atoms. The van der Waals surface area contributed by atoms with E-state index in [2.05, 4.69) is 15.6 Å². The summed E-state index contributed by atoms with van der Waals surface area (Å²) in [5.74, 6) is 0.413. The standard InChI is InChI=1S/C18H25N3O4S/c1-17(2,3)24-15(22)20-9-12-7-11-8-14(19-10-13(11)26-12)21-16(23)25-18(4,5)6/h7-8,10H,9H2,1-6H3,(H,20,22)(H,19,21,23). The Morgan fingerprint density at radius 3 is 2.27 bits per heavy atom. The van der Waals surface area contributed by atoms with E-state index in [-0.39, 0.29) is 0 Å². The van der Waals surface area contributed by atoms with Crippen molar-refractivity contribution in [3.63, 3.8) is 0 Å². The summed E-state index contributed by atoms with van der Waals surface area (Å²) in [7, 11) is 0. The number of hydrogen-bond acceptors (Lipinski definition) is 6. The average molecular weight is 379 g/mol. The van der Waals surface area contributed by atoms with Gasteiger partial charge in [-0.05, 0) is 59.1 Å². The Balaban J connectivity index is 2.00. The van der Waals surface area contributed by atoms with Gasteiger partial charge < -0.3 is 14.8 Å². The van der Waals surface area contributed by atoms with Crippen LogP contribution in [-0.2, 0) is 16.0 Å². The summed E-state index contributed by atoms with van der Waals surface area (Å²) in [6.07, 6.45) is 0.677. The minimum absolute atomic E-state index is 0.364. The number of hydrogen-bond donors (Lipinski definition) is 2. The molecule has 8 heteroatoms. The van der Waals surface area contributed by atoms with Crippen molar-refractivity contribution < 1.29 is 19.1 Å². The third kappa shape index (κ3) is 6.51. The molecule has 142 valence electrons. The Kier molecular flexibility index (Phi) is 5.75. The van der Waals surface area contributed by atoms with Crippen LogP contribution < -0.4 is 10.6 Å². The van der Waals surface area contributed by atoms with Gasteiger partial charge in [0, 0.05) is 11.1 Å². The van der Waals surface area contributed by atoms with Crippen LogP contribution in [-0.4, -0.2) is 28.4 Å². The molecule has 26 heavy (non-hydrogen) atoms. The van der Waals surface area contributed by atoms with Crippen molar-refractivity contribution in [1.82, 2.24) is 10.3 Å². The molecule has 0 aliphatic carbocycles. The number of alkyl carbamates (subject to hydrolysis) is 1. The number of anilines is 1. The van der Waals surface area contributed by atoms with Gasteiger partial charge in [-0.25, -0.2) is 14.6 Å². The van der Waals surface area contributed by atoms with Crippen LogP contribution in [0.2, 0.25) is 0 Å². The number of thiophene rings is 1. The highest BCUT2D eigenvalue weighted by molar-refractivity contribution is 7.19. The summed E-state index contributed by atoms with van der Waals surface area (Å²) < 4.78 is 11.4. The predicted molar refractivity (Wildman–Crippen MR) is 103 cm³/mol. The molecular formula is C18H25N3O4S. The lowest BCUT2D eigenvalue weighted by atomic mass is 10.2. The first kappa shape index (κ1) is 20.0. The van der Waals surface area contributed by atoms with E-state index in [9.17, 15) is 9.59 Å². The predicted octanol–water partition coefficient (Wildman–Crippen LogP) is 4.67. The van der Waals surface area contributed by atoms with Crippen LogP contribution >= 0.6 is 11.3 Å². The van der Waals surface area contributed by atoms with Gasteiger partial charge in [0.2, 0.25) is 0 Å². The van der Waals surface area contributed by atoms with Gasteiger partial charge in [-0.3, -0.25) is 5.32 Å². The maximum atomic E-state index is 11.8. The highest BCUT2D eigenvalue weighted by atomic mass is 32.1. The Morgan fingerprint density at radius 1 is 1.04 bits per heavy atom. The topological polar surface area (TPSA) is 89.6 Å². The lowest BCUT2D eigenvalue weighted by Gasteiger charge is -2.19. The molecule has 0 aliphatic heterocycles. The fourth-order valence-corrected chi connectivity index (χ4v) is 2.99. The minimum Gasteiger partial charge on any atom is -0.444 e. The lowest BCUT2D eigenvalue weighted by Crippen LogP contribution is -2.31. The lowest BCUT2D eigenvalue weighted by molar-refractivity contribution is 0.0523. The Labute approximate surface area is 157 Å². The molecule has 2 N–H and O–H groups in total. The molecule has 2 amide bonds. The molecule has 0 fully saturated rings. The van der Waals surface area contributed by atoms with Crippen molar-refractivity contribution in [3.8, 4) is 0 Å². The van der Waals surface area contributed by atoms with Gasteiger partial charge in [0.15, 0.2) is 0 Å². The summed E-state index contributed by atoms with van der Waals surface area (Å²) in [5.41, 5.74) is -1.10. The van der Waals surface area contributed by atoms with Crippen LogP contribution in [0.15, 0.2) is 18.3 Å². The second kappa shape index (κ2) is 7.49. The number of ether oxygens (including phenoxy) is 2. The van der Waals surface area contributed by atoms with Crippen LogP contribution in [0.5, 0.6) is 0 Å². The molecule has 0 unspecified atom stereocenters. The largest absolute Gasteiger partial charge is 0.444 e. The van der Waals surface area contributed by atoms with Crippen molar-refractivity contribution in [2.75, 3.05) is 5.32 Å². The van der Waals surface area contributed by atoms with Gasteiger partial charge >= 0.3 is 12.2 Å². The number of carbonyl (C=O) groups is 2. The molecule has 7 nitrogen and oxygen atoms in total. The third-order valence-electron chi connectivity index (χ3n) is 2.89. The molecule has 0 spiro atoms. The van der Waals surface area contributed by atoms with Gasteiger partial charge in [0.1, 0.15) is 17.0 Å². The average Bonchev–Trinajstić information content (AvgIpc) is 2.83. The van der Waals surface area contributed by atoms with Crippen molar-refractivity contribution in [2.45, 2.75) is 59.3 Å². The first-order chi connectivity index (χ1) is 11.9. The van der Waals surface area contributed by atoms with E-state index in [4.69, 9.17) is 9.47 Å². The van der Waals surface area contributed by atoms with Gasteiger partial charge in [-0.2, -0.15) is 0 Å². The maximum Gasteiger partial charge on any atom is 0.413 e. The molecule has 0 radical (unpaired) electrons. The third-order valence-corrected chi connectivity index (χ3v) is 3.98. The van der Waals surface area contributed by atoms with E-state index in [1.807, 2.05) is 26.8 Å². The minimum atomic E-state index is -0.572. The summed E-state index contributed by atoms with van der Waals surface area (Å²) in [4.78, 5) is 28.7. The first-order valence-electron chi connectivity index (χ1n) is 8.27. The Bertz CT molecular complexity index is 803. The monoisotopic (exact) mass is 379 g/mol. The summed E-state index contributed by atoms with van der Waals surface area (Å²) in [5, 5.41) is 6.27. The van der Waals surface area contributed by atoms with Crippen molar-refractivity contribution in [3.05, 3.63) is 23.2 Å². The van der Waals surface area contributed by atoms with E-state index >= 15 is 0 Å². The molecule has 2 aromatic rings. The van der Waals surface area contributed by atoms with Gasteiger partial charge in [-0.1, -0.05) is 0 Å². The zero-order valence-electron chi connectivity index (χ0n) is 15.9.